The van der Waals surface area contributed by atoms with Gasteiger partial charge < -0.3 is 10.2 Å². The fourth-order valence-corrected chi connectivity index (χ4v) is 1.86. The van der Waals surface area contributed by atoms with Crippen LogP contribution in [0.1, 0.15) is 16.8 Å². The maximum absolute atomic E-state index is 8.83. The number of aromatic nitrogens is 2. The van der Waals surface area contributed by atoms with Crippen LogP contribution in [-0.4, -0.2) is 9.59 Å². The number of ether oxygens (including phenoxy) is 1. The van der Waals surface area contributed by atoms with Crippen LogP contribution in [0, 0.1) is 18.3 Å². The van der Waals surface area contributed by atoms with E-state index in [0.717, 1.165) is 5.56 Å². The zero-order valence-electron chi connectivity index (χ0n) is 9.67. The normalized spacial score (nSPS) is 9.83. The molecule has 6 nitrogen and oxygen atoms in total. The Morgan fingerprint density at radius 3 is 3.11 bits per heavy atom. The van der Waals surface area contributed by atoms with Gasteiger partial charge in [-0.25, -0.2) is 5.84 Å². The van der Waals surface area contributed by atoms with Crippen LogP contribution in [0.25, 0.3) is 0 Å². The Bertz CT molecular complexity index is 589. The van der Waals surface area contributed by atoms with Crippen molar-refractivity contribution in [3.8, 4) is 11.8 Å². The molecule has 0 aliphatic heterocycles. The SMILES string of the molecule is Cc1ccc(C#N)cc1OCc1nnsc1NN. The van der Waals surface area contributed by atoms with Gasteiger partial charge >= 0.3 is 0 Å². The molecule has 0 aliphatic rings. The van der Waals surface area contributed by atoms with Crippen LogP contribution >= 0.6 is 11.5 Å². The highest BCUT2D eigenvalue weighted by Gasteiger charge is 2.08. The summed E-state index contributed by atoms with van der Waals surface area (Å²) in [6, 6.07) is 7.36. The van der Waals surface area contributed by atoms with Crippen molar-refractivity contribution in [1.29, 1.82) is 5.26 Å². The molecule has 18 heavy (non-hydrogen) atoms. The van der Waals surface area contributed by atoms with Crippen LogP contribution in [-0.2, 0) is 6.61 Å². The summed E-state index contributed by atoms with van der Waals surface area (Å²) in [6.07, 6.45) is 0. The summed E-state index contributed by atoms with van der Waals surface area (Å²) in [4.78, 5) is 0. The minimum Gasteiger partial charge on any atom is -0.487 e. The lowest BCUT2D eigenvalue weighted by atomic mass is 10.1. The number of rotatable bonds is 4. The van der Waals surface area contributed by atoms with Crippen LogP contribution in [0.3, 0.4) is 0 Å². The topological polar surface area (TPSA) is 96.8 Å². The third-order valence-corrected chi connectivity index (χ3v) is 3.07. The molecule has 2 aromatic rings. The van der Waals surface area contributed by atoms with Crippen LogP contribution in [0.4, 0.5) is 5.00 Å². The van der Waals surface area contributed by atoms with Crippen molar-refractivity contribution in [2.75, 3.05) is 5.43 Å². The smallest absolute Gasteiger partial charge is 0.150 e. The van der Waals surface area contributed by atoms with Gasteiger partial charge in [0.25, 0.3) is 0 Å². The first-order valence-corrected chi connectivity index (χ1v) is 5.93. The Morgan fingerprint density at radius 2 is 2.39 bits per heavy atom. The monoisotopic (exact) mass is 261 g/mol. The largest absolute Gasteiger partial charge is 0.487 e. The van der Waals surface area contributed by atoms with E-state index < -0.39 is 0 Å². The number of nitrogen functional groups attached to an aromatic ring is 1. The molecular weight excluding hydrogens is 250 g/mol. The van der Waals surface area contributed by atoms with Gasteiger partial charge in [-0.05, 0) is 24.6 Å². The molecule has 0 unspecified atom stereocenters. The molecule has 0 bridgehead atoms. The van der Waals surface area contributed by atoms with E-state index in [1.807, 2.05) is 13.0 Å². The molecule has 1 aromatic heterocycles. The number of nitrogens with one attached hydrogen (secondary N) is 1. The van der Waals surface area contributed by atoms with E-state index in [2.05, 4.69) is 21.1 Å². The van der Waals surface area contributed by atoms with E-state index in [-0.39, 0.29) is 6.61 Å². The van der Waals surface area contributed by atoms with Crippen LogP contribution < -0.4 is 16.0 Å². The number of hydrazine groups is 1. The first-order valence-electron chi connectivity index (χ1n) is 5.16. The van der Waals surface area contributed by atoms with Crippen molar-refractivity contribution < 1.29 is 4.74 Å². The third kappa shape index (κ3) is 2.56. The Morgan fingerprint density at radius 1 is 1.56 bits per heavy atom. The highest BCUT2D eigenvalue weighted by molar-refractivity contribution is 7.10. The molecule has 0 aliphatic carbocycles. The average molecular weight is 261 g/mol. The minimum absolute atomic E-state index is 0.256. The molecule has 0 spiro atoms. The number of nitrogens with two attached hydrogens (primary N) is 1. The van der Waals surface area contributed by atoms with Crippen molar-refractivity contribution in [3.05, 3.63) is 35.0 Å². The van der Waals surface area contributed by atoms with Gasteiger partial charge in [-0.1, -0.05) is 10.6 Å². The summed E-state index contributed by atoms with van der Waals surface area (Å²) in [5, 5.41) is 13.4. The summed E-state index contributed by atoms with van der Waals surface area (Å²) < 4.78 is 9.40. The van der Waals surface area contributed by atoms with Crippen LogP contribution in [0.5, 0.6) is 5.75 Å². The second-order valence-corrected chi connectivity index (χ2v) is 4.33. The number of hydrogen-bond acceptors (Lipinski definition) is 7. The molecule has 0 fully saturated rings. The number of nitriles is 1. The fraction of sp³-hybridized carbons (Fsp3) is 0.182. The highest BCUT2D eigenvalue weighted by atomic mass is 32.1. The molecule has 1 aromatic carbocycles. The van der Waals surface area contributed by atoms with Gasteiger partial charge in [0.05, 0.1) is 11.6 Å². The van der Waals surface area contributed by atoms with E-state index >= 15 is 0 Å². The van der Waals surface area contributed by atoms with Crippen molar-refractivity contribution in [3.63, 3.8) is 0 Å². The molecule has 3 N–H and O–H groups in total. The van der Waals surface area contributed by atoms with Gasteiger partial charge in [-0.3, -0.25) is 0 Å². The Labute approximate surface area is 108 Å². The first kappa shape index (κ1) is 12.3. The predicted molar refractivity (Wildman–Crippen MR) is 67.9 cm³/mol. The quantitative estimate of drug-likeness (QED) is 0.640. The van der Waals surface area contributed by atoms with Crippen molar-refractivity contribution in [2.45, 2.75) is 13.5 Å². The highest BCUT2D eigenvalue weighted by Crippen LogP contribution is 2.22. The van der Waals surface area contributed by atoms with E-state index in [0.29, 0.717) is 22.0 Å². The van der Waals surface area contributed by atoms with Crippen molar-refractivity contribution in [2.24, 2.45) is 5.84 Å². The summed E-state index contributed by atoms with van der Waals surface area (Å²) in [6.45, 7) is 2.17. The molecule has 0 amide bonds. The maximum atomic E-state index is 8.83. The zero-order chi connectivity index (χ0) is 13.0. The second kappa shape index (κ2) is 5.44. The summed E-state index contributed by atoms with van der Waals surface area (Å²) in [7, 11) is 0. The van der Waals surface area contributed by atoms with Gasteiger partial charge in [0, 0.05) is 11.5 Å². The summed E-state index contributed by atoms with van der Waals surface area (Å²) in [5.41, 5.74) is 4.67. The molecule has 0 saturated carbocycles. The number of hydrogen-bond donors (Lipinski definition) is 2. The number of aryl methyl sites for hydroxylation is 1. The van der Waals surface area contributed by atoms with Gasteiger partial charge in [-0.15, -0.1) is 5.10 Å². The first-order chi connectivity index (χ1) is 8.74. The summed E-state index contributed by atoms with van der Waals surface area (Å²) in [5.74, 6) is 5.98. The molecule has 0 atom stereocenters. The van der Waals surface area contributed by atoms with E-state index in [1.165, 1.54) is 11.5 Å². The van der Waals surface area contributed by atoms with E-state index in [1.54, 1.807) is 12.1 Å². The minimum atomic E-state index is 0.256. The lowest BCUT2D eigenvalue weighted by Gasteiger charge is -2.08. The number of benzene rings is 1. The lowest BCUT2D eigenvalue weighted by molar-refractivity contribution is 0.299. The lowest BCUT2D eigenvalue weighted by Crippen LogP contribution is -2.08. The Hall–Kier alpha value is -2.17. The van der Waals surface area contributed by atoms with E-state index in [9.17, 15) is 0 Å². The molecular formula is C11H11N5OS. The standard InChI is InChI=1S/C11H11N5OS/c1-7-2-3-8(5-12)4-10(7)17-6-9-11(14-13)18-16-15-9/h2-4,14H,6,13H2,1H3. The summed E-state index contributed by atoms with van der Waals surface area (Å²) >= 11 is 1.17. The average Bonchev–Trinajstić information content (AvgIpc) is 2.85. The third-order valence-electron chi connectivity index (χ3n) is 2.37. The number of nitrogens with zero attached hydrogens (tertiary/aromatic N) is 3. The second-order valence-electron chi connectivity index (χ2n) is 3.57. The molecule has 1 heterocycles. The molecule has 0 saturated heterocycles. The van der Waals surface area contributed by atoms with Crippen LogP contribution in [0.15, 0.2) is 18.2 Å². The van der Waals surface area contributed by atoms with Crippen molar-refractivity contribution in [1.82, 2.24) is 9.59 Å². The van der Waals surface area contributed by atoms with Crippen molar-refractivity contribution >= 4 is 16.5 Å². The molecule has 92 valence electrons. The molecule has 7 heteroatoms. The van der Waals surface area contributed by atoms with Gasteiger partial charge in [0.1, 0.15) is 18.1 Å². The van der Waals surface area contributed by atoms with Crippen LogP contribution in [0.2, 0.25) is 0 Å². The Balaban J connectivity index is 2.13. The van der Waals surface area contributed by atoms with Gasteiger partial charge in [0.2, 0.25) is 0 Å². The fourth-order valence-electron chi connectivity index (χ4n) is 1.38. The predicted octanol–water partition coefficient (Wildman–Crippen LogP) is 1.58. The molecule has 0 radical (unpaired) electrons. The maximum Gasteiger partial charge on any atom is 0.150 e. The number of anilines is 1. The van der Waals surface area contributed by atoms with Gasteiger partial charge in [0.15, 0.2) is 5.00 Å². The van der Waals surface area contributed by atoms with Gasteiger partial charge in [-0.2, -0.15) is 5.26 Å². The zero-order valence-corrected chi connectivity index (χ0v) is 10.5. The van der Waals surface area contributed by atoms with E-state index in [4.69, 9.17) is 15.8 Å². The Kier molecular flexibility index (Phi) is 3.72. The molecule has 2 rings (SSSR count).